The SMILES string of the molecule is Cc1cc(N2C[C@H](O)[C@@H](N3CCN(C)CC3)C2)n2nccc2n1. The van der Waals surface area contributed by atoms with E-state index in [1.54, 1.807) is 6.20 Å². The Hall–Kier alpha value is -1.70. The van der Waals surface area contributed by atoms with Crippen molar-refractivity contribution < 1.29 is 5.11 Å². The topological polar surface area (TPSA) is 60.1 Å². The van der Waals surface area contributed by atoms with E-state index in [4.69, 9.17) is 0 Å². The second-order valence-electron chi connectivity index (χ2n) is 6.74. The number of hydrogen-bond acceptors (Lipinski definition) is 6. The van der Waals surface area contributed by atoms with E-state index in [1.807, 2.05) is 17.5 Å². The predicted molar refractivity (Wildman–Crippen MR) is 88.8 cm³/mol. The molecule has 2 saturated heterocycles. The third-order valence-electron chi connectivity index (χ3n) is 5.06. The summed E-state index contributed by atoms with van der Waals surface area (Å²) >= 11 is 0. The van der Waals surface area contributed by atoms with Gasteiger partial charge >= 0.3 is 0 Å². The van der Waals surface area contributed by atoms with Gasteiger partial charge in [0, 0.05) is 57.1 Å². The highest BCUT2D eigenvalue weighted by atomic mass is 16.3. The maximum atomic E-state index is 10.6. The standard InChI is InChI=1S/C16H24N6O/c1-12-9-16(22-15(18-12)3-4-17-22)21-10-13(14(23)11-21)20-7-5-19(2)6-8-20/h3-4,9,13-14,23H,5-8,10-11H2,1-2H3/t13-,14-/m0/s1. The minimum Gasteiger partial charge on any atom is -0.390 e. The molecule has 0 bridgehead atoms. The summed E-state index contributed by atoms with van der Waals surface area (Å²) in [6.07, 6.45) is 1.45. The minimum absolute atomic E-state index is 0.197. The van der Waals surface area contributed by atoms with Gasteiger partial charge in [0.1, 0.15) is 5.82 Å². The van der Waals surface area contributed by atoms with Gasteiger partial charge in [0.15, 0.2) is 5.65 Å². The zero-order valence-corrected chi connectivity index (χ0v) is 13.8. The van der Waals surface area contributed by atoms with Crippen LogP contribution >= 0.6 is 0 Å². The van der Waals surface area contributed by atoms with E-state index in [9.17, 15) is 5.11 Å². The van der Waals surface area contributed by atoms with E-state index in [0.717, 1.165) is 49.9 Å². The second-order valence-corrected chi connectivity index (χ2v) is 6.74. The van der Waals surface area contributed by atoms with Crippen LogP contribution in [0.15, 0.2) is 18.3 Å². The molecule has 2 aliphatic rings. The van der Waals surface area contributed by atoms with Crippen LogP contribution in [0.2, 0.25) is 0 Å². The summed E-state index contributed by atoms with van der Waals surface area (Å²) < 4.78 is 1.87. The molecule has 1 N–H and O–H groups in total. The molecule has 2 fully saturated rings. The van der Waals surface area contributed by atoms with E-state index in [-0.39, 0.29) is 12.1 Å². The summed E-state index contributed by atoms with van der Waals surface area (Å²) in [6, 6.07) is 4.17. The van der Waals surface area contributed by atoms with Crippen LogP contribution in [0.3, 0.4) is 0 Å². The number of β-amino-alcohol motifs (C(OH)–C–C–N with tert-alkyl or cyclic N) is 1. The number of aliphatic hydroxyl groups excluding tert-OH is 1. The summed E-state index contributed by atoms with van der Waals surface area (Å²) in [4.78, 5) is 11.5. The maximum absolute atomic E-state index is 10.6. The first kappa shape index (κ1) is 14.9. The number of piperazine rings is 1. The zero-order valence-electron chi connectivity index (χ0n) is 13.8. The van der Waals surface area contributed by atoms with Crippen LogP contribution in [0, 0.1) is 6.92 Å². The lowest BCUT2D eigenvalue weighted by molar-refractivity contribution is 0.0512. The van der Waals surface area contributed by atoms with Crippen LogP contribution in [0.25, 0.3) is 5.65 Å². The number of aromatic nitrogens is 3. The molecule has 23 heavy (non-hydrogen) atoms. The van der Waals surface area contributed by atoms with Gasteiger partial charge in [-0.05, 0) is 14.0 Å². The first-order chi connectivity index (χ1) is 11.1. The monoisotopic (exact) mass is 316 g/mol. The van der Waals surface area contributed by atoms with Gasteiger partial charge in [0.2, 0.25) is 0 Å². The number of nitrogens with zero attached hydrogens (tertiary/aromatic N) is 6. The van der Waals surface area contributed by atoms with Crippen LogP contribution in [-0.2, 0) is 0 Å². The Morgan fingerprint density at radius 3 is 2.74 bits per heavy atom. The molecule has 2 aliphatic heterocycles. The van der Waals surface area contributed by atoms with E-state index in [0.29, 0.717) is 6.54 Å². The lowest BCUT2D eigenvalue weighted by Gasteiger charge is -2.37. The molecule has 0 spiro atoms. The van der Waals surface area contributed by atoms with Gasteiger partial charge < -0.3 is 14.9 Å². The molecule has 0 amide bonds. The van der Waals surface area contributed by atoms with Gasteiger partial charge in [0.05, 0.1) is 18.3 Å². The number of aryl methyl sites for hydroxylation is 1. The second kappa shape index (κ2) is 5.74. The summed E-state index contributed by atoms with van der Waals surface area (Å²) in [7, 11) is 2.16. The highest BCUT2D eigenvalue weighted by Gasteiger charge is 2.37. The first-order valence-corrected chi connectivity index (χ1v) is 8.29. The van der Waals surface area contributed by atoms with Gasteiger partial charge in [-0.2, -0.15) is 9.61 Å². The summed E-state index contributed by atoms with van der Waals surface area (Å²) in [5, 5.41) is 15.0. The highest BCUT2D eigenvalue weighted by Crippen LogP contribution is 2.25. The molecule has 2 aromatic heterocycles. The van der Waals surface area contributed by atoms with Crippen molar-refractivity contribution in [2.45, 2.75) is 19.1 Å². The molecule has 124 valence electrons. The Morgan fingerprint density at radius 2 is 1.96 bits per heavy atom. The fraction of sp³-hybridized carbons (Fsp3) is 0.625. The predicted octanol–water partition coefficient (Wildman–Crippen LogP) is -0.165. The Kier molecular flexibility index (Phi) is 3.71. The zero-order chi connectivity index (χ0) is 16.0. The Labute approximate surface area is 136 Å². The van der Waals surface area contributed by atoms with Crippen molar-refractivity contribution in [3.05, 3.63) is 24.0 Å². The van der Waals surface area contributed by atoms with Crippen molar-refractivity contribution >= 4 is 11.5 Å². The van der Waals surface area contributed by atoms with Crippen LogP contribution in [0.1, 0.15) is 5.69 Å². The lowest BCUT2D eigenvalue weighted by Crippen LogP contribution is -2.52. The van der Waals surface area contributed by atoms with Gasteiger partial charge in [-0.1, -0.05) is 0 Å². The van der Waals surface area contributed by atoms with Crippen molar-refractivity contribution in [2.75, 3.05) is 51.2 Å². The molecule has 0 aliphatic carbocycles. The average Bonchev–Trinajstić information content (AvgIpc) is 3.14. The molecule has 0 unspecified atom stereocenters. The Morgan fingerprint density at radius 1 is 1.17 bits per heavy atom. The number of fused-ring (bicyclic) bond motifs is 1. The molecule has 4 rings (SSSR count). The lowest BCUT2D eigenvalue weighted by atomic mass is 10.1. The van der Waals surface area contributed by atoms with E-state index in [1.165, 1.54) is 0 Å². The van der Waals surface area contributed by atoms with E-state index < -0.39 is 0 Å². The van der Waals surface area contributed by atoms with E-state index >= 15 is 0 Å². The number of hydrogen-bond donors (Lipinski definition) is 1. The van der Waals surface area contributed by atoms with Gasteiger partial charge in [-0.3, -0.25) is 4.90 Å². The molecular weight excluding hydrogens is 292 g/mol. The van der Waals surface area contributed by atoms with Gasteiger partial charge in [0.25, 0.3) is 0 Å². The number of aliphatic hydroxyl groups is 1. The highest BCUT2D eigenvalue weighted by molar-refractivity contribution is 5.51. The molecule has 0 saturated carbocycles. The Balaban J connectivity index is 1.57. The quantitative estimate of drug-likeness (QED) is 0.830. The molecule has 7 nitrogen and oxygen atoms in total. The normalized spacial score (nSPS) is 27.2. The summed E-state index contributed by atoms with van der Waals surface area (Å²) in [5.74, 6) is 1.02. The molecule has 7 heteroatoms. The molecular formula is C16H24N6O. The number of likely N-dealkylation sites (N-methyl/N-ethyl adjacent to an activating group) is 1. The van der Waals surface area contributed by atoms with Crippen LogP contribution < -0.4 is 4.90 Å². The molecule has 2 atom stereocenters. The molecule has 2 aromatic rings. The largest absolute Gasteiger partial charge is 0.390 e. The number of anilines is 1. The van der Waals surface area contributed by atoms with Crippen molar-refractivity contribution in [2.24, 2.45) is 0 Å². The molecule has 4 heterocycles. The molecule has 0 aromatic carbocycles. The fourth-order valence-corrected chi connectivity index (χ4v) is 3.71. The van der Waals surface area contributed by atoms with Crippen molar-refractivity contribution in [3.63, 3.8) is 0 Å². The smallest absolute Gasteiger partial charge is 0.157 e. The summed E-state index contributed by atoms with van der Waals surface area (Å²) in [5.41, 5.74) is 1.84. The number of rotatable bonds is 2. The average molecular weight is 316 g/mol. The van der Waals surface area contributed by atoms with Crippen LogP contribution in [0.5, 0.6) is 0 Å². The maximum Gasteiger partial charge on any atom is 0.157 e. The van der Waals surface area contributed by atoms with Gasteiger partial charge in [-0.15, -0.1) is 0 Å². The van der Waals surface area contributed by atoms with Crippen LogP contribution in [0.4, 0.5) is 5.82 Å². The van der Waals surface area contributed by atoms with Crippen molar-refractivity contribution in [3.8, 4) is 0 Å². The summed E-state index contributed by atoms with van der Waals surface area (Å²) in [6.45, 7) is 7.68. The van der Waals surface area contributed by atoms with Gasteiger partial charge in [-0.25, -0.2) is 4.98 Å². The van der Waals surface area contributed by atoms with Crippen molar-refractivity contribution in [1.82, 2.24) is 24.4 Å². The fourth-order valence-electron chi connectivity index (χ4n) is 3.71. The minimum atomic E-state index is -0.322. The van der Waals surface area contributed by atoms with E-state index in [2.05, 4.69) is 37.9 Å². The first-order valence-electron chi connectivity index (χ1n) is 8.29. The third-order valence-corrected chi connectivity index (χ3v) is 5.06. The van der Waals surface area contributed by atoms with Crippen LogP contribution in [-0.4, -0.2) is 88.0 Å². The molecule has 0 radical (unpaired) electrons. The third kappa shape index (κ3) is 2.69. The Bertz CT molecular complexity index is 693. The van der Waals surface area contributed by atoms with Crippen molar-refractivity contribution in [1.29, 1.82) is 0 Å².